The van der Waals surface area contributed by atoms with Crippen molar-refractivity contribution in [1.82, 2.24) is 4.98 Å². The Morgan fingerprint density at radius 1 is 1.17 bits per heavy atom. The van der Waals surface area contributed by atoms with Crippen LogP contribution in [0.25, 0.3) is 0 Å². The van der Waals surface area contributed by atoms with E-state index in [4.69, 9.17) is 0 Å². The van der Waals surface area contributed by atoms with Crippen molar-refractivity contribution in [2.24, 2.45) is 0 Å². The van der Waals surface area contributed by atoms with Crippen molar-refractivity contribution in [2.45, 2.75) is 45.1 Å². The predicted molar refractivity (Wildman–Crippen MR) is 94.3 cm³/mol. The van der Waals surface area contributed by atoms with E-state index >= 15 is 0 Å². The van der Waals surface area contributed by atoms with Crippen LogP contribution in [0.1, 0.15) is 31.4 Å². The van der Waals surface area contributed by atoms with E-state index in [0.717, 1.165) is 17.7 Å². The van der Waals surface area contributed by atoms with Gasteiger partial charge in [-0.2, -0.15) is 0 Å². The van der Waals surface area contributed by atoms with Crippen molar-refractivity contribution in [3.63, 3.8) is 0 Å². The molecule has 0 amide bonds. The van der Waals surface area contributed by atoms with Gasteiger partial charge < -0.3 is 5.32 Å². The molecule has 2 aromatic rings. The zero-order valence-corrected chi connectivity index (χ0v) is 14.7. The van der Waals surface area contributed by atoms with Crippen LogP contribution >= 0.6 is 0 Å². The molecule has 1 atom stereocenters. The number of benzene rings is 1. The molecule has 0 bridgehead atoms. The van der Waals surface area contributed by atoms with Crippen molar-refractivity contribution in [3.05, 3.63) is 47.7 Å². The summed E-state index contributed by atoms with van der Waals surface area (Å²) in [5.41, 5.74) is 2.48. The summed E-state index contributed by atoms with van der Waals surface area (Å²) < 4.78 is 27.6. The maximum absolute atomic E-state index is 12.5. The summed E-state index contributed by atoms with van der Waals surface area (Å²) in [5, 5.41) is 3.29. The van der Waals surface area contributed by atoms with Gasteiger partial charge >= 0.3 is 0 Å². The number of rotatable bonds is 6. The minimum Gasteiger partial charge on any atom is -0.381 e. The number of aromatic nitrogens is 1. The van der Waals surface area contributed by atoms with E-state index in [9.17, 15) is 8.42 Å². The highest BCUT2D eigenvalue weighted by Crippen LogP contribution is 2.20. The second-order valence-corrected chi connectivity index (χ2v) is 7.41. The van der Waals surface area contributed by atoms with Gasteiger partial charge in [-0.15, -0.1) is 0 Å². The first-order valence-electron chi connectivity index (χ1n) is 7.64. The minimum atomic E-state index is -3.64. The maximum atomic E-state index is 12.5. The monoisotopic (exact) mass is 333 g/mol. The summed E-state index contributed by atoms with van der Waals surface area (Å²) in [5.74, 6) is 0.306. The molecule has 1 aromatic carbocycles. The first-order chi connectivity index (χ1) is 10.8. The van der Waals surface area contributed by atoms with Crippen molar-refractivity contribution in [2.75, 3.05) is 10.0 Å². The van der Waals surface area contributed by atoms with E-state index in [2.05, 4.69) is 28.9 Å². The molecule has 0 spiro atoms. The zero-order chi connectivity index (χ0) is 17.0. The van der Waals surface area contributed by atoms with Gasteiger partial charge in [-0.25, -0.2) is 13.4 Å². The number of nitrogens with one attached hydrogen (secondary N) is 2. The van der Waals surface area contributed by atoms with Crippen molar-refractivity contribution >= 4 is 21.5 Å². The highest BCUT2D eigenvalue weighted by molar-refractivity contribution is 7.92. The Bertz CT molecular complexity index is 771. The van der Waals surface area contributed by atoms with Crippen LogP contribution in [0.2, 0.25) is 0 Å². The first kappa shape index (κ1) is 17.3. The smallest absolute Gasteiger partial charge is 0.263 e. The lowest BCUT2D eigenvalue weighted by atomic mass is 10.2. The second-order valence-electron chi connectivity index (χ2n) is 5.76. The fraction of sp³-hybridized carbons (Fsp3) is 0.353. The molecule has 5 nitrogen and oxygen atoms in total. The topological polar surface area (TPSA) is 71.1 Å². The Labute approximate surface area is 138 Å². The first-order valence-corrected chi connectivity index (χ1v) is 9.13. The highest BCUT2D eigenvalue weighted by Gasteiger charge is 2.17. The third kappa shape index (κ3) is 4.45. The van der Waals surface area contributed by atoms with E-state index in [1.165, 1.54) is 0 Å². The lowest BCUT2D eigenvalue weighted by Crippen LogP contribution is -2.16. The molecule has 124 valence electrons. The van der Waals surface area contributed by atoms with E-state index in [1.54, 1.807) is 31.3 Å². The molecule has 2 N–H and O–H groups in total. The van der Waals surface area contributed by atoms with Gasteiger partial charge in [0.1, 0.15) is 5.82 Å². The number of anilines is 2. The van der Waals surface area contributed by atoms with Crippen LogP contribution in [0.3, 0.4) is 0 Å². The SMILES string of the molecule is CCC(C)Nc1ccc(NS(=O)(=O)c2cc(C)ccc2C)nc1. The maximum Gasteiger partial charge on any atom is 0.263 e. The highest BCUT2D eigenvalue weighted by atomic mass is 32.2. The van der Waals surface area contributed by atoms with E-state index in [1.807, 2.05) is 19.1 Å². The molecule has 1 unspecified atom stereocenters. The van der Waals surface area contributed by atoms with Gasteiger partial charge in [-0.1, -0.05) is 19.1 Å². The number of hydrogen-bond donors (Lipinski definition) is 2. The van der Waals surface area contributed by atoms with E-state index in [0.29, 0.717) is 17.4 Å². The third-order valence-corrected chi connectivity index (χ3v) is 5.16. The van der Waals surface area contributed by atoms with Gasteiger partial charge in [0.2, 0.25) is 0 Å². The van der Waals surface area contributed by atoms with Crippen LogP contribution in [0, 0.1) is 13.8 Å². The second kappa shape index (κ2) is 7.00. The lowest BCUT2D eigenvalue weighted by molar-refractivity contribution is 0.600. The summed E-state index contributed by atoms with van der Waals surface area (Å²) in [7, 11) is -3.64. The van der Waals surface area contributed by atoms with Crippen LogP contribution < -0.4 is 10.0 Å². The van der Waals surface area contributed by atoms with Crippen molar-refractivity contribution < 1.29 is 8.42 Å². The molecule has 0 aliphatic heterocycles. The molecule has 0 saturated carbocycles. The molecule has 0 fully saturated rings. The van der Waals surface area contributed by atoms with E-state index in [-0.39, 0.29) is 4.90 Å². The average molecular weight is 333 g/mol. The van der Waals surface area contributed by atoms with Crippen LogP contribution in [-0.2, 0) is 10.0 Å². The van der Waals surface area contributed by atoms with Crippen LogP contribution in [0.15, 0.2) is 41.4 Å². The molecular weight excluding hydrogens is 310 g/mol. The van der Waals surface area contributed by atoms with Crippen LogP contribution in [-0.4, -0.2) is 19.4 Å². The average Bonchev–Trinajstić information content (AvgIpc) is 2.51. The van der Waals surface area contributed by atoms with Gasteiger partial charge in [0.25, 0.3) is 10.0 Å². The van der Waals surface area contributed by atoms with E-state index < -0.39 is 10.0 Å². The molecule has 1 heterocycles. The molecule has 0 aliphatic carbocycles. The van der Waals surface area contributed by atoms with Crippen LogP contribution in [0.4, 0.5) is 11.5 Å². The van der Waals surface area contributed by atoms with Gasteiger partial charge in [-0.05, 0) is 56.5 Å². The molecule has 0 aliphatic rings. The van der Waals surface area contributed by atoms with Gasteiger partial charge in [0.15, 0.2) is 0 Å². The molecular formula is C17H23N3O2S. The number of nitrogens with zero attached hydrogens (tertiary/aromatic N) is 1. The van der Waals surface area contributed by atoms with Crippen molar-refractivity contribution in [3.8, 4) is 0 Å². The molecule has 2 rings (SSSR count). The Morgan fingerprint density at radius 3 is 2.52 bits per heavy atom. The number of sulfonamides is 1. The largest absolute Gasteiger partial charge is 0.381 e. The predicted octanol–water partition coefficient (Wildman–Crippen LogP) is 3.71. The van der Waals surface area contributed by atoms with Crippen LogP contribution in [0.5, 0.6) is 0 Å². The summed E-state index contributed by atoms with van der Waals surface area (Å²) >= 11 is 0. The standard InChI is InChI=1S/C17H23N3O2S/c1-5-14(4)19-15-8-9-17(18-11-15)20-23(21,22)16-10-12(2)6-7-13(16)3/h6-11,14,19H,5H2,1-4H3,(H,18,20). The fourth-order valence-corrected chi connectivity index (χ4v) is 3.45. The summed E-state index contributed by atoms with van der Waals surface area (Å²) in [6.45, 7) is 7.82. The summed E-state index contributed by atoms with van der Waals surface area (Å²) in [6.07, 6.45) is 2.63. The summed E-state index contributed by atoms with van der Waals surface area (Å²) in [6, 6.07) is 9.18. The molecule has 1 aromatic heterocycles. The quantitative estimate of drug-likeness (QED) is 0.845. The summed E-state index contributed by atoms with van der Waals surface area (Å²) in [4.78, 5) is 4.45. The Kier molecular flexibility index (Phi) is 5.26. The molecule has 0 saturated heterocycles. The fourth-order valence-electron chi connectivity index (χ4n) is 2.12. The number of hydrogen-bond acceptors (Lipinski definition) is 4. The Morgan fingerprint density at radius 2 is 1.91 bits per heavy atom. The molecule has 23 heavy (non-hydrogen) atoms. The normalized spacial score (nSPS) is 12.7. The van der Waals surface area contributed by atoms with Gasteiger partial charge in [0.05, 0.1) is 16.8 Å². The van der Waals surface area contributed by atoms with Crippen molar-refractivity contribution in [1.29, 1.82) is 0 Å². The zero-order valence-electron chi connectivity index (χ0n) is 13.9. The lowest BCUT2D eigenvalue weighted by Gasteiger charge is -2.14. The minimum absolute atomic E-state index is 0.279. The van der Waals surface area contributed by atoms with Gasteiger partial charge in [0, 0.05) is 6.04 Å². The molecule has 0 radical (unpaired) electrons. The number of pyridine rings is 1. The number of aryl methyl sites for hydroxylation is 2. The van der Waals surface area contributed by atoms with Gasteiger partial charge in [-0.3, -0.25) is 4.72 Å². The molecule has 6 heteroatoms. The Hall–Kier alpha value is -2.08. The third-order valence-electron chi connectivity index (χ3n) is 3.66. The Balaban J connectivity index is 2.19.